The number of hydrogen-bond acceptors (Lipinski definition) is 3. The molecule has 2 aromatic heterocycles. The minimum absolute atomic E-state index is 0.127. The van der Waals surface area contributed by atoms with Crippen molar-refractivity contribution in [2.45, 2.75) is 38.8 Å². The highest BCUT2D eigenvalue weighted by Crippen LogP contribution is 2.31. The molecule has 0 fully saturated rings. The van der Waals surface area contributed by atoms with Crippen molar-refractivity contribution in [1.29, 1.82) is 0 Å². The molecule has 152 valence electrons. The molecule has 3 heterocycles. The van der Waals surface area contributed by atoms with Gasteiger partial charge in [0.2, 0.25) is 5.91 Å². The van der Waals surface area contributed by atoms with E-state index in [4.69, 9.17) is 4.98 Å². The van der Waals surface area contributed by atoms with E-state index in [9.17, 15) is 9.59 Å². The minimum atomic E-state index is -0.632. The summed E-state index contributed by atoms with van der Waals surface area (Å²) in [5.41, 5.74) is 2.55. The van der Waals surface area contributed by atoms with E-state index in [1.165, 1.54) is 0 Å². The summed E-state index contributed by atoms with van der Waals surface area (Å²) in [6.07, 6.45) is 3.09. The van der Waals surface area contributed by atoms with E-state index in [1.807, 2.05) is 48.7 Å². The number of nitrogens with zero attached hydrogens (tertiary/aromatic N) is 2. The second kappa shape index (κ2) is 7.13. The molecule has 1 amide bonds. The van der Waals surface area contributed by atoms with Crippen molar-refractivity contribution >= 4 is 27.7 Å². The Morgan fingerprint density at radius 1 is 1.03 bits per heavy atom. The Morgan fingerprint density at radius 3 is 2.57 bits per heavy atom. The standard InChI is InChI=1S/C24H24N4O2/c1-14(2)11-20-22-26-19-10-6-4-8-17(19)24(30)28(22)21(23(29)27-20)12-15-13-25-18-9-5-3-7-16(15)18/h3-10,13-14,20-21,25H,11-12H2,1-2H3,(H,27,29). The molecule has 1 aliphatic heterocycles. The topological polar surface area (TPSA) is 79.8 Å². The van der Waals surface area contributed by atoms with Crippen LogP contribution < -0.4 is 10.9 Å². The van der Waals surface area contributed by atoms with Gasteiger partial charge in [-0.05, 0) is 36.1 Å². The highest BCUT2D eigenvalue weighted by Gasteiger charge is 2.36. The monoisotopic (exact) mass is 400 g/mol. The molecule has 6 nitrogen and oxygen atoms in total. The SMILES string of the molecule is CC(C)CC1NC(=O)C(Cc2c[nH]c3ccccc23)n2c1nc1ccccc1c2=O. The summed E-state index contributed by atoms with van der Waals surface area (Å²) in [6.45, 7) is 4.21. The Morgan fingerprint density at radius 2 is 1.77 bits per heavy atom. The number of amides is 1. The first kappa shape index (κ1) is 18.6. The third-order valence-electron chi connectivity index (χ3n) is 5.87. The Kier molecular flexibility index (Phi) is 4.42. The van der Waals surface area contributed by atoms with Crippen molar-refractivity contribution in [3.8, 4) is 0 Å². The molecule has 30 heavy (non-hydrogen) atoms. The molecule has 1 aliphatic rings. The second-order valence-electron chi connectivity index (χ2n) is 8.43. The van der Waals surface area contributed by atoms with Crippen LogP contribution in [0.25, 0.3) is 21.8 Å². The van der Waals surface area contributed by atoms with Gasteiger partial charge in [0.1, 0.15) is 11.9 Å². The molecule has 5 rings (SSSR count). The fraction of sp³-hybridized carbons (Fsp3) is 0.292. The summed E-state index contributed by atoms with van der Waals surface area (Å²) < 4.78 is 1.63. The Balaban J connectivity index is 1.68. The zero-order chi connectivity index (χ0) is 20.8. The number of nitrogens with one attached hydrogen (secondary N) is 2. The molecule has 0 radical (unpaired) electrons. The van der Waals surface area contributed by atoms with Crippen LogP contribution in [0.1, 0.15) is 43.7 Å². The van der Waals surface area contributed by atoms with Crippen LogP contribution in [0.3, 0.4) is 0 Å². The van der Waals surface area contributed by atoms with Gasteiger partial charge in [-0.1, -0.05) is 44.2 Å². The molecule has 2 unspecified atom stereocenters. The van der Waals surface area contributed by atoms with Gasteiger partial charge >= 0.3 is 0 Å². The fourth-order valence-corrected chi connectivity index (χ4v) is 4.49. The molecule has 0 saturated heterocycles. The van der Waals surface area contributed by atoms with E-state index in [2.05, 4.69) is 24.1 Å². The van der Waals surface area contributed by atoms with Crippen LogP contribution >= 0.6 is 0 Å². The first-order valence-electron chi connectivity index (χ1n) is 10.4. The maximum Gasteiger partial charge on any atom is 0.262 e. The average Bonchev–Trinajstić information content (AvgIpc) is 3.14. The summed E-state index contributed by atoms with van der Waals surface area (Å²) in [7, 11) is 0. The average molecular weight is 400 g/mol. The number of benzene rings is 2. The number of para-hydroxylation sites is 2. The summed E-state index contributed by atoms with van der Waals surface area (Å²) in [6, 6.07) is 14.5. The molecule has 0 spiro atoms. The quantitative estimate of drug-likeness (QED) is 0.546. The number of hydrogen-bond donors (Lipinski definition) is 2. The summed E-state index contributed by atoms with van der Waals surface area (Å²) in [4.78, 5) is 34.8. The lowest BCUT2D eigenvalue weighted by Gasteiger charge is -2.33. The lowest BCUT2D eigenvalue weighted by Crippen LogP contribution is -2.48. The van der Waals surface area contributed by atoms with E-state index in [1.54, 1.807) is 10.6 Å². The Bertz CT molecular complexity index is 1320. The maximum absolute atomic E-state index is 13.5. The zero-order valence-corrected chi connectivity index (χ0v) is 17.1. The predicted octanol–water partition coefficient (Wildman–Crippen LogP) is 3.88. The van der Waals surface area contributed by atoms with Crippen molar-refractivity contribution in [3.63, 3.8) is 0 Å². The minimum Gasteiger partial charge on any atom is -0.361 e. The Labute approximate surface area is 173 Å². The van der Waals surface area contributed by atoms with Gasteiger partial charge < -0.3 is 10.3 Å². The fourth-order valence-electron chi connectivity index (χ4n) is 4.49. The summed E-state index contributed by atoms with van der Waals surface area (Å²) in [5, 5.41) is 4.75. The van der Waals surface area contributed by atoms with Gasteiger partial charge in [-0.25, -0.2) is 4.98 Å². The maximum atomic E-state index is 13.5. The van der Waals surface area contributed by atoms with Crippen molar-refractivity contribution in [1.82, 2.24) is 19.9 Å². The number of aromatic amines is 1. The normalized spacial score (nSPS) is 18.7. The van der Waals surface area contributed by atoms with Gasteiger partial charge in [0.15, 0.2) is 0 Å². The molecule has 0 bridgehead atoms. The van der Waals surface area contributed by atoms with Crippen LogP contribution in [0.4, 0.5) is 0 Å². The highest BCUT2D eigenvalue weighted by atomic mass is 16.2. The number of fused-ring (bicyclic) bond motifs is 3. The summed E-state index contributed by atoms with van der Waals surface area (Å²) in [5.74, 6) is 0.881. The second-order valence-corrected chi connectivity index (χ2v) is 8.43. The largest absolute Gasteiger partial charge is 0.361 e. The molecule has 4 aromatic rings. The van der Waals surface area contributed by atoms with Gasteiger partial charge in [-0.2, -0.15) is 0 Å². The van der Waals surface area contributed by atoms with Crippen LogP contribution in [0.5, 0.6) is 0 Å². The van der Waals surface area contributed by atoms with Gasteiger partial charge in [0.05, 0.1) is 16.9 Å². The molecule has 2 N–H and O–H groups in total. The van der Waals surface area contributed by atoms with Gasteiger partial charge in [-0.3, -0.25) is 14.2 Å². The summed E-state index contributed by atoms with van der Waals surface area (Å²) >= 11 is 0. The van der Waals surface area contributed by atoms with Crippen LogP contribution in [0, 0.1) is 5.92 Å². The van der Waals surface area contributed by atoms with Gasteiger partial charge in [-0.15, -0.1) is 0 Å². The zero-order valence-electron chi connectivity index (χ0n) is 17.1. The van der Waals surface area contributed by atoms with E-state index in [0.717, 1.165) is 22.9 Å². The van der Waals surface area contributed by atoms with E-state index in [-0.39, 0.29) is 17.5 Å². The molecule has 6 heteroatoms. The van der Waals surface area contributed by atoms with Crippen molar-refractivity contribution in [2.75, 3.05) is 0 Å². The molecule has 2 aromatic carbocycles. The van der Waals surface area contributed by atoms with E-state index >= 15 is 0 Å². The first-order valence-corrected chi connectivity index (χ1v) is 10.4. The predicted molar refractivity (Wildman–Crippen MR) is 117 cm³/mol. The van der Waals surface area contributed by atoms with Crippen LogP contribution in [-0.4, -0.2) is 20.4 Å². The number of rotatable bonds is 4. The lowest BCUT2D eigenvalue weighted by atomic mass is 9.96. The van der Waals surface area contributed by atoms with Crippen molar-refractivity contribution in [2.24, 2.45) is 5.92 Å². The van der Waals surface area contributed by atoms with Gasteiger partial charge in [0, 0.05) is 23.5 Å². The van der Waals surface area contributed by atoms with Crippen LogP contribution in [0.2, 0.25) is 0 Å². The molecular formula is C24H24N4O2. The molecule has 0 saturated carbocycles. The number of carbonyl (C=O) groups excluding carboxylic acids is 1. The van der Waals surface area contributed by atoms with Crippen LogP contribution in [0.15, 0.2) is 59.5 Å². The smallest absolute Gasteiger partial charge is 0.262 e. The van der Waals surface area contributed by atoms with Crippen LogP contribution in [-0.2, 0) is 11.2 Å². The molecular weight excluding hydrogens is 376 g/mol. The van der Waals surface area contributed by atoms with E-state index in [0.29, 0.717) is 29.1 Å². The number of carbonyl (C=O) groups is 1. The van der Waals surface area contributed by atoms with Crippen molar-refractivity contribution < 1.29 is 4.79 Å². The first-order chi connectivity index (χ1) is 14.5. The third kappa shape index (κ3) is 3.00. The third-order valence-corrected chi connectivity index (χ3v) is 5.87. The van der Waals surface area contributed by atoms with Crippen molar-refractivity contribution in [3.05, 3.63) is 76.5 Å². The molecule has 2 atom stereocenters. The molecule has 0 aliphatic carbocycles. The lowest BCUT2D eigenvalue weighted by molar-refractivity contribution is -0.126. The van der Waals surface area contributed by atoms with E-state index < -0.39 is 6.04 Å². The number of aromatic nitrogens is 3. The Hall–Kier alpha value is -3.41. The highest BCUT2D eigenvalue weighted by molar-refractivity contribution is 5.87. The number of H-pyrrole nitrogens is 1. The van der Waals surface area contributed by atoms with Gasteiger partial charge in [0.25, 0.3) is 5.56 Å².